The third-order valence-corrected chi connectivity index (χ3v) is 0.421. The Kier molecular flexibility index (Phi) is 3.06. The number of halogens is 3. The van der Waals surface area contributed by atoms with Gasteiger partial charge < -0.3 is 0 Å². The van der Waals surface area contributed by atoms with Crippen LogP contribution in [0.4, 0.5) is 13.2 Å². The number of hydrogen-bond donors (Lipinski definition) is 2. The molecule has 0 aromatic rings. The van der Waals surface area contributed by atoms with Crippen LogP contribution in [0.25, 0.3) is 0 Å². The molecule has 0 spiro atoms. The predicted molar refractivity (Wildman–Crippen MR) is 26.0 cm³/mol. The molecule has 5 heteroatoms. The molecule has 0 atom stereocenters. The van der Waals surface area contributed by atoms with Crippen LogP contribution in [0.5, 0.6) is 0 Å². The highest BCUT2D eigenvalue weighted by Crippen LogP contribution is 2.11. The molecule has 3 N–H and O–H groups in total. The molecule has 0 amide bonds. The number of hydrogen-bond acceptors (Lipinski definition) is 2. The highest BCUT2D eigenvalue weighted by Gasteiger charge is 2.22. The second-order valence-electron chi connectivity index (χ2n) is 1.18. The topological polar surface area (TPSA) is 38.0 Å². The summed E-state index contributed by atoms with van der Waals surface area (Å²) in [6, 6.07) is 0. The molecule has 52 valence electrons. The largest absolute Gasteiger partial charge is 0.457 e. The standard InChI is InChI=1S/C4H5F3N2/c5-4(6,7)2-1-3-9-8/h9H,3,8H2. The highest BCUT2D eigenvalue weighted by molar-refractivity contribution is 5.05. The molecule has 0 aliphatic carbocycles. The summed E-state index contributed by atoms with van der Waals surface area (Å²) in [5.74, 6) is 7.43. The zero-order chi connectivity index (χ0) is 7.33. The van der Waals surface area contributed by atoms with Crippen LogP contribution in [0, 0.1) is 11.8 Å². The highest BCUT2D eigenvalue weighted by atomic mass is 19.4. The fraction of sp³-hybridized carbons (Fsp3) is 0.500. The van der Waals surface area contributed by atoms with E-state index in [-0.39, 0.29) is 6.54 Å². The molecule has 0 radical (unpaired) electrons. The van der Waals surface area contributed by atoms with Gasteiger partial charge in [-0.25, -0.2) is 5.43 Å². The van der Waals surface area contributed by atoms with E-state index in [0.717, 1.165) is 5.92 Å². The first-order valence-electron chi connectivity index (χ1n) is 2.06. The molecular weight excluding hydrogens is 133 g/mol. The Morgan fingerprint density at radius 2 is 2.00 bits per heavy atom. The molecular formula is C4H5F3N2. The molecule has 9 heavy (non-hydrogen) atoms. The van der Waals surface area contributed by atoms with Crippen molar-refractivity contribution in [2.75, 3.05) is 6.54 Å². The first-order valence-corrected chi connectivity index (χ1v) is 2.06. The smallest absolute Gasteiger partial charge is 0.271 e. The van der Waals surface area contributed by atoms with Crippen molar-refractivity contribution in [1.82, 2.24) is 5.43 Å². The van der Waals surface area contributed by atoms with Gasteiger partial charge in [0.1, 0.15) is 0 Å². The SMILES string of the molecule is NNCC#CC(F)(F)F. The van der Waals surface area contributed by atoms with Crippen LogP contribution in [0.3, 0.4) is 0 Å². The fourth-order valence-corrected chi connectivity index (χ4v) is 0.195. The van der Waals surface area contributed by atoms with Gasteiger partial charge in [-0.05, 0) is 0 Å². The second-order valence-corrected chi connectivity index (χ2v) is 1.18. The summed E-state index contributed by atoms with van der Waals surface area (Å²) in [5.41, 5.74) is 1.97. The minimum Gasteiger partial charge on any atom is -0.271 e. The van der Waals surface area contributed by atoms with Crippen molar-refractivity contribution < 1.29 is 13.2 Å². The van der Waals surface area contributed by atoms with Crippen LogP contribution in [0.2, 0.25) is 0 Å². The van der Waals surface area contributed by atoms with E-state index in [1.165, 1.54) is 0 Å². The molecule has 0 heterocycles. The number of alkyl halides is 3. The summed E-state index contributed by atoms with van der Waals surface area (Å²) < 4.78 is 33.4. The Bertz CT molecular complexity index is 129. The zero-order valence-electron chi connectivity index (χ0n) is 4.42. The average Bonchev–Trinajstić information content (AvgIpc) is 1.63. The first kappa shape index (κ1) is 8.27. The van der Waals surface area contributed by atoms with Gasteiger partial charge in [0.2, 0.25) is 0 Å². The van der Waals surface area contributed by atoms with Crippen molar-refractivity contribution in [3.05, 3.63) is 0 Å². The number of hydrazine groups is 1. The summed E-state index contributed by atoms with van der Waals surface area (Å²) in [6.07, 6.45) is -4.41. The van der Waals surface area contributed by atoms with Crippen LogP contribution in [-0.4, -0.2) is 12.7 Å². The first-order chi connectivity index (χ1) is 4.06. The Hall–Kier alpha value is -0.730. The Labute approximate surface area is 50.2 Å². The van der Waals surface area contributed by atoms with E-state index in [1.54, 1.807) is 5.92 Å². The van der Waals surface area contributed by atoms with Gasteiger partial charge in [-0.3, -0.25) is 5.84 Å². The van der Waals surface area contributed by atoms with Crippen LogP contribution in [0.1, 0.15) is 0 Å². The molecule has 0 bridgehead atoms. The van der Waals surface area contributed by atoms with E-state index in [4.69, 9.17) is 0 Å². The molecule has 0 aliphatic rings. The van der Waals surface area contributed by atoms with E-state index in [2.05, 4.69) is 5.84 Å². The normalized spacial score (nSPS) is 10.2. The van der Waals surface area contributed by atoms with Crippen LogP contribution >= 0.6 is 0 Å². The van der Waals surface area contributed by atoms with Crippen molar-refractivity contribution >= 4 is 0 Å². The lowest BCUT2D eigenvalue weighted by atomic mass is 10.5. The van der Waals surface area contributed by atoms with Gasteiger partial charge in [-0.2, -0.15) is 13.2 Å². The van der Waals surface area contributed by atoms with Gasteiger partial charge in [-0.1, -0.05) is 5.92 Å². The molecule has 0 saturated heterocycles. The van der Waals surface area contributed by atoms with Crippen molar-refractivity contribution in [2.45, 2.75) is 6.18 Å². The molecule has 0 aromatic heterocycles. The van der Waals surface area contributed by atoms with Gasteiger partial charge in [0.05, 0.1) is 6.54 Å². The number of nitrogens with one attached hydrogen (secondary N) is 1. The minimum atomic E-state index is -4.41. The van der Waals surface area contributed by atoms with Crippen LogP contribution < -0.4 is 11.3 Å². The molecule has 0 aliphatic heterocycles. The quantitative estimate of drug-likeness (QED) is 0.304. The maximum Gasteiger partial charge on any atom is 0.457 e. The lowest BCUT2D eigenvalue weighted by molar-refractivity contribution is -0.0697. The third kappa shape index (κ3) is 7.27. The van der Waals surface area contributed by atoms with Crippen molar-refractivity contribution in [2.24, 2.45) is 5.84 Å². The van der Waals surface area contributed by atoms with Gasteiger partial charge in [0.15, 0.2) is 0 Å². The third-order valence-electron chi connectivity index (χ3n) is 0.421. The monoisotopic (exact) mass is 138 g/mol. The summed E-state index contributed by atoms with van der Waals surface area (Å²) in [4.78, 5) is 0. The molecule has 0 saturated carbocycles. The Morgan fingerprint density at radius 3 is 2.33 bits per heavy atom. The van der Waals surface area contributed by atoms with E-state index >= 15 is 0 Å². The molecule has 2 nitrogen and oxygen atoms in total. The second kappa shape index (κ2) is 3.33. The van der Waals surface area contributed by atoms with Crippen LogP contribution in [-0.2, 0) is 0 Å². The van der Waals surface area contributed by atoms with Gasteiger partial charge in [0.25, 0.3) is 0 Å². The van der Waals surface area contributed by atoms with Crippen molar-refractivity contribution in [1.29, 1.82) is 0 Å². The Balaban J connectivity index is 3.59. The van der Waals surface area contributed by atoms with E-state index < -0.39 is 6.18 Å². The zero-order valence-corrected chi connectivity index (χ0v) is 4.42. The van der Waals surface area contributed by atoms with Crippen molar-refractivity contribution in [3.8, 4) is 11.8 Å². The summed E-state index contributed by atoms with van der Waals surface area (Å²) in [6.45, 7) is -0.153. The summed E-state index contributed by atoms with van der Waals surface area (Å²) in [5, 5.41) is 0. The van der Waals surface area contributed by atoms with E-state index in [0.29, 0.717) is 0 Å². The molecule has 0 aromatic carbocycles. The van der Waals surface area contributed by atoms with E-state index in [9.17, 15) is 13.2 Å². The molecule has 0 fully saturated rings. The van der Waals surface area contributed by atoms with Crippen LogP contribution in [0.15, 0.2) is 0 Å². The molecule has 0 unspecified atom stereocenters. The maximum atomic E-state index is 11.1. The maximum absolute atomic E-state index is 11.1. The van der Waals surface area contributed by atoms with Gasteiger partial charge in [0, 0.05) is 5.92 Å². The summed E-state index contributed by atoms with van der Waals surface area (Å²) >= 11 is 0. The van der Waals surface area contributed by atoms with Crippen molar-refractivity contribution in [3.63, 3.8) is 0 Å². The predicted octanol–water partition coefficient (Wildman–Crippen LogP) is 0.0154. The molecule has 0 rings (SSSR count). The average molecular weight is 138 g/mol. The van der Waals surface area contributed by atoms with Gasteiger partial charge >= 0.3 is 6.18 Å². The summed E-state index contributed by atoms with van der Waals surface area (Å²) in [7, 11) is 0. The number of rotatable bonds is 1. The van der Waals surface area contributed by atoms with E-state index in [1.807, 2.05) is 5.43 Å². The fourth-order valence-electron chi connectivity index (χ4n) is 0.195. The lowest BCUT2D eigenvalue weighted by Crippen LogP contribution is -2.22. The lowest BCUT2D eigenvalue weighted by Gasteiger charge is -1.91. The Morgan fingerprint density at radius 1 is 1.44 bits per heavy atom. The minimum absolute atomic E-state index is 0.153. The van der Waals surface area contributed by atoms with Gasteiger partial charge in [-0.15, -0.1) is 0 Å². The number of nitrogens with two attached hydrogens (primary N) is 1.